The van der Waals surface area contributed by atoms with E-state index in [1.54, 1.807) is 12.1 Å². The van der Waals surface area contributed by atoms with Crippen molar-refractivity contribution < 1.29 is 9.72 Å². The summed E-state index contributed by atoms with van der Waals surface area (Å²) in [5.41, 5.74) is 6.43. The average Bonchev–Trinajstić information content (AvgIpc) is 2.46. The lowest BCUT2D eigenvalue weighted by molar-refractivity contribution is -0.384. The predicted octanol–water partition coefficient (Wildman–Crippen LogP) is 1.73. The smallest absolute Gasteiger partial charge is 0.269 e. The molecule has 3 N–H and O–H groups in total. The van der Waals surface area contributed by atoms with Crippen LogP contribution in [0, 0.1) is 16.0 Å². The summed E-state index contributed by atoms with van der Waals surface area (Å²) in [7, 11) is 0. The number of benzene rings is 1. The van der Waals surface area contributed by atoms with E-state index in [0.717, 1.165) is 31.2 Å². The van der Waals surface area contributed by atoms with E-state index in [1.165, 1.54) is 12.1 Å². The van der Waals surface area contributed by atoms with Gasteiger partial charge < -0.3 is 11.1 Å². The van der Waals surface area contributed by atoms with Gasteiger partial charge in [0.1, 0.15) is 0 Å². The molecule has 20 heavy (non-hydrogen) atoms. The average molecular weight is 277 g/mol. The van der Waals surface area contributed by atoms with Crippen LogP contribution in [-0.2, 0) is 11.3 Å². The van der Waals surface area contributed by atoms with Gasteiger partial charge in [-0.2, -0.15) is 0 Å². The van der Waals surface area contributed by atoms with E-state index in [1.807, 2.05) is 0 Å². The second-order valence-corrected chi connectivity index (χ2v) is 5.26. The number of nitrogens with one attached hydrogen (secondary N) is 1. The van der Waals surface area contributed by atoms with E-state index < -0.39 is 4.92 Å². The van der Waals surface area contributed by atoms with E-state index in [4.69, 9.17) is 5.73 Å². The molecule has 0 bridgehead atoms. The molecule has 1 fully saturated rings. The highest BCUT2D eigenvalue weighted by Crippen LogP contribution is 2.24. The molecule has 1 amide bonds. The Kier molecular flexibility index (Phi) is 4.68. The van der Waals surface area contributed by atoms with Crippen molar-refractivity contribution >= 4 is 11.6 Å². The van der Waals surface area contributed by atoms with Crippen molar-refractivity contribution in [2.75, 3.05) is 0 Å². The van der Waals surface area contributed by atoms with Crippen LogP contribution in [0.4, 0.5) is 5.69 Å². The Morgan fingerprint density at radius 1 is 1.25 bits per heavy atom. The number of primary amides is 1. The van der Waals surface area contributed by atoms with Crippen molar-refractivity contribution in [3.63, 3.8) is 0 Å². The monoisotopic (exact) mass is 277 g/mol. The van der Waals surface area contributed by atoms with Gasteiger partial charge in [-0.15, -0.1) is 0 Å². The van der Waals surface area contributed by atoms with E-state index in [0.29, 0.717) is 12.6 Å². The predicted molar refractivity (Wildman–Crippen MR) is 74.9 cm³/mol. The third-order valence-corrected chi connectivity index (χ3v) is 3.87. The first-order chi connectivity index (χ1) is 9.56. The number of hydrogen-bond acceptors (Lipinski definition) is 4. The summed E-state index contributed by atoms with van der Waals surface area (Å²) >= 11 is 0. The molecular weight excluding hydrogens is 258 g/mol. The van der Waals surface area contributed by atoms with E-state index in [-0.39, 0.29) is 17.5 Å². The normalized spacial score (nSPS) is 22.4. The lowest BCUT2D eigenvalue weighted by Crippen LogP contribution is -2.36. The highest BCUT2D eigenvalue weighted by molar-refractivity contribution is 5.76. The van der Waals surface area contributed by atoms with Gasteiger partial charge in [0, 0.05) is 30.6 Å². The maximum atomic E-state index is 11.1. The molecule has 0 aromatic heterocycles. The fraction of sp³-hybridized carbons (Fsp3) is 0.500. The first-order valence-electron chi connectivity index (χ1n) is 6.82. The Morgan fingerprint density at radius 2 is 1.85 bits per heavy atom. The van der Waals surface area contributed by atoms with Crippen LogP contribution in [0.15, 0.2) is 24.3 Å². The standard InChI is InChI=1S/C14H19N3O3/c15-14(18)11-3-5-12(6-4-11)16-9-10-1-7-13(8-2-10)17(19)20/h1-2,7-8,11-12,16H,3-6,9H2,(H2,15,18). The van der Waals surface area contributed by atoms with Crippen LogP contribution in [0.3, 0.4) is 0 Å². The summed E-state index contributed by atoms with van der Waals surface area (Å²) in [6.45, 7) is 0.684. The number of amides is 1. The molecule has 0 aliphatic heterocycles. The summed E-state index contributed by atoms with van der Waals surface area (Å²) in [5.74, 6) is -0.175. The Morgan fingerprint density at radius 3 is 2.35 bits per heavy atom. The van der Waals surface area contributed by atoms with Gasteiger partial charge in [-0.3, -0.25) is 14.9 Å². The van der Waals surface area contributed by atoms with Gasteiger partial charge in [-0.1, -0.05) is 12.1 Å². The van der Waals surface area contributed by atoms with Crippen LogP contribution in [0.1, 0.15) is 31.2 Å². The molecule has 0 spiro atoms. The second-order valence-electron chi connectivity index (χ2n) is 5.26. The maximum Gasteiger partial charge on any atom is 0.269 e. The van der Waals surface area contributed by atoms with Crippen molar-refractivity contribution in [1.82, 2.24) is 5.32 Å². The van der Waals surface area contributed by atoms with Gasteiger partial charge in [0.2, 0.25) is 5.91 Å². The maximum absolute atomic E-state index is 11.1. The third-order valence-electron chi connectivity index (χ3n) is 3.87. The lowest BCUT2D eigenvalue weighted by atomic mass is 9.85. The molecule has 108 valence electrons. The summed E-state index contributed by atoms with van der Waals surface area (Å²) in [6.07, 6.45) is 3.57. The van der Waals surface area contributed by atoms with Crippen LogP contribution in [0.5, 0.6) is 0 Å². The lowest BCUT2D eigenvalue weighted by Gasteiger charge is -2.27. The third kappa shape index (κ3) is 3.77. The summed E-state index contributed by atoms with van der Waals surface area (Å²) < 4.78 is 0. The molecule has 2 rings (SSSR count). The number of nitro benzene ring substituents is 1. The SMILES string of the molecule is NC(=O)C1CCC(NCc2ccc([N+](=O)[O-])cc2)CC1. The molecule has 1 aromatic rings. The Labute approximate surface area is 117 Å². The van der Waals surface area contributed by atoms with Crippen LogP contribution >= 0.6 is 0 Å². The zero-order chi connectivity index (χ0) is 14.5. The van der Waals surface area contributed by atoms with Gasteiger partial charge in [0.05, 0.1) is 4.92 Å². The van der Waals surface area contributed by atoms with Crippen molar-refractivity contribution in [2.45, 2.75) is 38.3 Å². The molecule has 1 aliphatic rings. The zero-order valence-electron chi connectivity index (χ0n) is 11.2. The zero-order valence-corrected chi connectivity index (χ0v) is 11.2. The fourth-order valence-electron chi connectivity index (χ4n) is 2.58. The first kappa shape index (κ1) is 14.5. The molecule has 1 saturated carbocycles. The Bertz CT molecular complexity index is 479. The molecule has 1 aliphatic carbocycles. The molecule has 0 saturated heterocycles. The van der Waals surface area contributed by atoms with Gasteiger partial charge >= 0.3 is 0 Å². The molecular formula is C14H19N3O3. The first-order valence-corrected chi connectivity index (χ1v) is 6.82. The molecule has 0 atom stereocenters. The summed E-state index contributed by atoms with van der Waals surface area (Å²) in [5, 5.41) is 14.0. The van der Waals surface area contributed by atoms with E-state index in [2.05, 4.69) is 5.32 Å². The summed E-state index contributed by atoms with van der Waals surface area (Å²) in [6, 6.07) is 6.95. The topological polar surface area (TPSA) is 98.3 Å². The largest absolute Gasteiger partial charge is 0.369 e. The molecule has 0 unspecified atom stereocenters. The van der Waals surface area contributed by atoms with Crippen LogP contribution < -0.4 is 11.1 Å². The molecule has 6 heteroatoms. The molecule has 0 heterocycles. The van der Waals surface area contributed by atoms with Crippen LogP contribution in [0.25, 0.3) is 0 Å². The van der Waals surface area contributed by atoms with Crippen molar-refractivity contribution in [1.29, 1.82) is 0 Å². The highest BCUT2D eigenvalue weighted by atomic mass is 16.6. The molecule has 0 radical (unpaired) electrons. The second kappa shape index (κ2) is 6.47. The van der Waals surface area contributed by atoms with Crippen molar-refractivity contribution in [2.24, 2.45) is 11.7 Å². The molecule has 1 aromatic carbocycles. The quantitative estimate of drug-likeness (QED) is 0.632. The number of nitro groups is 1. The Balaban J connectivity index is 1.78. The Hall–Kier alpha value is -1.95. The number of nitrogens with zero attached hydrogens (tertiary/aromatic N) is 1. The van der Waals surface area contributed by atoms with Crippen molar-refractivity contribution in [3.05, 3.63) is 39.9 Å². The fourth-order valence-corrected chi connectivity index (χ4v) is 2.58. The number of hydrogen-bond donors (Lipinski definition) is 2. The number of rotatable bonds is 5. The number of carbonyl (C=O) groups is 1. The summed E-state index contributed by atoms with van der Waals surface area (Å²) in [4.78, 5) is 21.2. The van der Waals surface area contributed by atoms with Gasteiger partial charge in [-0.05, 0) is 31.2 Å². The minimum absolute atomic E-state index is 0.0208. The van der Waals surface area contributed by atoms with Crippen LogP contribution in [-0.4, -0.2) is 16.9 Å². The van der Waals surface area contributed by atoms with E-state index in [9.17, 15) is 14.9 Å². The van der Waals surface area contributed by atoms with Gasteiger partial charge in [0.15, 0.2) is 0 Å². The minimum Gasteiger partial charge on any atom is -0.369 e. The number of non-ortho nitro benzene ring substituents is 1. The van der Waals surface area contributed by atoms with Crippen molar-refractivity contribution in [3.8, 4) is 0 Å². The van der Waals surface area contributed by atoms with Crippen LogP contribution in [0.2, 0.25) is 0 Å². The number of carbonyl (C=O) groups excluding carboxylic acids is 1. The van der Waals surface area contributed by atoms with E-state index >= 15 is 0 Å². The van der Waals surface area contributed by atoms with Gasteiger partial charge in [0.25, 0.3) is 5.69 Å². The highest BCUT2D eigenvalue weighted by Gasteiger charge is 2.24. The minimum atomic E-state index is -0.400. The van der Waals surface area contributed by atoms with Gasteiger partial charge in [-0.25, -0.2) is 0 Å². The molecule has 6 nitrogen and oxygen atoms in total. The number of nitrogens with two attached hydrogens (primary N) is 1.